The largest absolute Gasteiger partial charge is 0.494 e. The van der Waals surface area contributed by atoms with Crippen LogP contribution in [0, 0.1) is 0 Å². The van der Waals surface area contributed by atoms with Crippen molar-refractivity contribution < 1.29 is 4.74 Å². The molecule has 1 heterocycles. The van der Waals surface area contributed by atoms with Gasteiger partial charge in [-0.05, 0) is 26.2 Å². The molecular formula is C15H21N3O. The number of aromatic nitrogens is 1. The van der Waals surface area contributed by atoms with Gasteiger partial charge in [0, 0.05) is 25.0 Å². The second-order valence-electron chi connectivity index (χ2n) is 4.68. The molecule has 0 fully saturated rings. The van der Waals surface area contributed by atoms with Crippen LogP contribution in [0.1, 0.15) is 5.69 Å². The van der Waals surface area contributed by atoms with Gasteiger partial charge in [0.1, 0.15) is 11.3 Å². The second-order valence-corrected chi connectivity index (χ2v) is 4.68. The zero-order valence-corrected chi connectivity index (χ0v) is 11.8. The minimum Gasteiger partial charge on any atom is -0.494 e. The number of methoxy groups -OCH3 is 1. The minimum atomic E-state index is 0.831. The van der Waals surface area contributed by atoms with Crippen LogP contribution in [0.4, 0.5) is 0 Å². The molecule has 0 amide bonds. The highest BCUT2D eigenvalue weighted by atomic mass is 16.5. The van der Waals surface area contributed by atoms with E-state index in [9.17, 15) is 0 Å². The Morgan fingerprint density at radius 1 is 1.26 bits per heavy atom. The summed E-state index contributed by atoms with van der Waals surface area (Å²) in [5.74, 6) is 0.831. The van der Waals surface area contributed by atoms with E-state index in [4.69, 9.17) is 9.72 Å². The Hall–Kier alpha value is -1.65. The number of nitrogens with zero attached hydrogens (tertiary/aromatic N) is 2. The second kappa shape index (κ2) is 6.50. The third-order valence-corrected chi connectivity index (χ3v) is 3.14. The molecule has 102 valence electrons. The predicted octanol–water partition coefficient (Wildman–Crippen LogP) is 1.89. The molecule has 0 aliphatic carbocycles. The van der Waals surface area contributed by atoms with Crippen molar-refractivity contribution in [2.24, 2.45) is 0 Å². The average Bonchev–Trinajstić information content (AvgIpc) is 2.44. The Balaban J connectivity index is 2.20. The summed E-state index contributed by atoms with van der Waals surface area (Å²) in [5, 5.41) is 4.26. The van der Waals surface area contributed by atoms with Gasteiger partial charge in [0.2, 0.25) is 0 Å². The van der Waals surface area contributed by atoms with Crippen molar-refractivity contribution in [2.45, 2.75) is 6.54 Å². The van der Waals surface area contributed by atoms with E-state index in [1.54, 1.807) is 7.11 Å². The maximum atomic E-state index is 5.37. The molecule has 0 saturated heterocycles. The summed E-state index contributed by atoms with van der Waals surface area (Å²) < 4.78 is 5.37. The van der Waals surface area contributed by atoms with Crippen LogP contribution in [-0.4, -0.2) is 44.2 Å². The predicted molar refractivity (Wildman–Crippen MR) is 78.6 cm³/mol. The van der Waals surface area contributed by atoms with Gasteiger partial charge in [-0.2, -0.15) is 0 Å². The molecule has 1 aromatic carbocycles. The van der Waals surface area contributed by atoms with Crippen molar-refractivity contribution in [1.29, 1.82) is 0 Å². The van der Waals surface area contributed by atoms with Gasteiger partial charge in [-0.15, -0.1) is 0 Å². The zero-order chi connectivity index (χ0) is 13.7. The summed E-state index contributed by atoms with van der Waals surface area (Å²) in [5.41, 5.74) is 2.00. The van der Waals surface area contributed by atoms with Gasteiger partial charge in [0.25, 0.3) is 0 Å². The highest BCUT2D eigenvalue weighted by Gasteiger charge is 2.06. The zero-order valence-electron chi connectivity index (χ0n) is 11.8. The Morgan fingerprint density at radius 3 is 2.84 bits per heavy atom. The first kappa shape index (κ1) is 13.8. The first-order chi connectivity index (χ1) is 9.24. The van der Waals surface area contributed by atoms with E-state index in [-0.39, 0.29) is 0 Å². The fourth-order valence-electron chi connectivity index (χ4n) is 2.07. The topological polar surface area (TPSA) is 37.4 Å². The van der Waals surface area contributed by atoms with Crippen molar-refractivity contribution >= 4 is 10.9 Å². The fraction of sp³-hybridized carbons (Fsp3) is 0.400. The van der Waals surface area contributed by atoms with Crippen LogP contribution in [0.25, 0.3) is 10.9 Å². The van der Waals surface area contributed by atoms with Gasteiger partial charge >= 0.3 is 0 Å². The smallest absolute Gasteiger partial charge is 0.145 e. The molecule has 4 nitrogen and oxygen atoms in total. The molecule has 0 aliphatic heterocycles. The highest BCUT2D eigenvalue weighted by molar-refractivity contribution is 5.84. The molecule has 0 bridgehead atoms. The molecule has 0 spiro atoms. The summed E-state index contributed by atoms with van der Waals surface area (Å²) in [6.45, 7) is 2.82. The van der Waals surface area contributed by atoms with Gasteiger partial charge < -0.3 is 10.1 Å². The molecule has 1 N–H and O–H groups in total. The van der Waals surface area contributed by atoms with Gasteiger partial charge in [0.05, 0.1) is 12.8 Å². The van der Waals surface area contributed by atoms with Crippen LogP contribution in [-0.2, 0) is 6.54 Å². The molecule has 0 unspecified atom stereocenters. The molecule has 0 atom stereocenters. The molecule has 19 heavy (non-hydrogen) atoms. The van der Waals surface area contributed by atoms with E-state index in [2.05, 4.69) is 35.5 Å². The van der Waals surface area contributed by atoms with Crippen molar-refractivity contribution in [1.82, 2.24) is 15.2 Å². The van der Waals surface area contributed by atoms with Gasteiger partial charge in [-0.1, -0.05) is 18.2 Å². The number of hydrogen-bond donors (Lipinski definition) is 1. The van der Waals surface area contributed by atoms with E-state index < -0.39 is 0 Å². The maximum absolute atomic E-state index is 5.37. The summed E-state index contributed by atoms with van der Waals surface area (Å²) >= 11 is 0. The molecule has 4 heteroatoms. The Bertz CT molecular complexity index is 542. The number of nitrogens with one attached hydrogen (secondary N) is 1. The maximum Gasteiger partial charge on any atom is 0.145 e. The number of fused-ring (bicyclic) bond motifs is 1. The lowest BCUT2D eigenvalue weighted by atomic mass is 10.2. The van der Waals surface area contributed by atoms with E-state index in [0.29, 0.717) is 0 Å². The third-order valence-electron chi connectivity index (χ3n) is 3.14. The number of rotatable bonds is 6. The number of hydrogen-bond acceptors (Lipinski definition) is 4. The molecule has 0 radical (unpaired) electrons. The first-order valence-corrected chi connectivity index (χ1v) is 6.50. The van der Waals surface area contributed by atoms with E-state index in [0.717, 1.165) is 42.0 Å². The monoisotopic (exact) mass is 259 g/mol. The SMILES string of the molecule is CNCCN(C)Cc1ccc2cccc(OC)c2n1. The molecule has 2 aromatic rings. The summed E-state index contributed by atoms with van der Waals surface area (Å²) in [7, 11) is 5.75. The number of benzene rings is 1. The van der Waals surface area contributed by atoms with Crippen molar-refractivity contribution in [3.8, 4) is 5.75 Å². The molecule has 0 saturated carbocycles. The summed E-state index contributed by atoms with van der Waals surface area (Å²) in [4.78, 5) is 6.96. The minimum absolute atomic E-state index is 0.831. The Labute approximate surface area is 114 Å². The number of ether oxygens (including phenoxy) is 1. The summed E-state index contributed by atoms with van der Waals surface area (Å²) in [6.07, 6.45) is 0. The average molecular weight is 259 g/mol. The van der Waals surface area contributed by atoms with Crippen LogP contribution in [0.3, 0.4) is 0 Å². The lowest BCUT2D eigenvalue weighted by molar-refractivity contribution is 0.324. The van der Waals surface area contributed by atoms with Gasteiger partial charge in [0.15, 0.2) is 0 Å². The first-order valence-electron chi connectivity index (χ1n) is 6.50. The fourth-order valence-corrected chi connectivity index (χ4v) is 2.07. The van der Waals surface area contributed by atoms with Crippen LogP contribution < -0.4 is 10.1 Å². The lowest BCUT2D eigenvalue weighted by Crippen LogP contribution is -2.27. The van der Waals surface area contributed by atoms with E-state index in [1.807, 2.05) is 19.2 Å². The van der Waals surface area contributed by atoms with E-state index in [1.165, 1.54) is 0 Å². The lowest BCUT2D eigenvalue weighted by Gasteiger charge is -2.16. The van der Waals surface area contributed by atoms with Crippen LogP contribution in [0.5, 0.6) is 5.75 Å². The van der Waals surface area contributed by atoms with Crippen LogP contribution >= 0.6 is 0 Å². The standard InChI is InChI=1S/C15H21N3O/c1-16-9-10-18(2)11-13-8-7-12-5-4-6-14(19-3)15(12)17-13/h4-8,16H,9-11H2,1-3H3. The van der Waals surface area contributed by atoms with Crippen LogP contribution in [0.2, 0.25) is 0 Å². The molecule has 0 aliphatic rings. The highest BCUT2D eigenvalue weighted by Crippen LogP contribution is 2.23. The van der Waals surface area contributed by atoms with Crippen LogP contribution in [0.15, 0.2) is 30.3 Å². The molecular weight excluding hydrogens is 238 g/mol. The Kier molecular flexibility index (Phi) is 4.71. The molecule has 1 aromatic heterocycles. The van der Waals surface area contributed by atoms with Crippen molar-refractivity contribution in [2.75, 3.05) is 34.3 Å². The third kappa shape index (κ3) is 3.43. The molecule has 2 rings (SSSR count). The van der Waals surface area contributed by atoms with Gasteiger partial charge in [-0.3, -0.25) is 4.90 Å². The Morgan fingerprint density at radius 2 is 2.11 bits per heavy atom. The van der Waals surface area contributed by atoms with Gasteiger partial charge in [-0.25, -0.2) is 4.98 Å². The van der Waals surface area contributed by atoms with Crippen molar-refractivity contribution in [3.63, 3.8) is 0 Å². The number of pyridine rings is 1. The number of para-hydroxylation sites is 1. The summed E-state index contributed by atoms with van der Waals surface area (Å²) in [6, 6.07) is 10.2. The normalized spacial score (nSPS) is 11.2. The quantitative estimate of drug-likeness (QED) is 0.859. The number of likely N-dealkylation sites (N-methyl/N-ethyl adjacent to an activating group) is 2. The van der Waals surface area contributed by atoms with E-state index >= 15 is 0 Å². The van der Waals surface area contributed by atoms with Crippen molar-refractivity contribution in [3.05, 3.63) is 36.0 Å².